The molecule has 1 aliphatic carbocycles. The molecule has 3 aromatic rings. The molecule has 0 aliphatic heterocycles. The number of pyridine rings is 1. The van der Waals surface area contributed by atoms with Crippen LogP contribution in [0.5, 0.6) is 0 Å². The van der Waals surface area contributed by atoms with Crippen molar-refractivity contribution in [3.8, 4) is 0 Å². The average Bonchev–Trinajstić information content (AvgIpc) is 2.79. The number of rotatable bonds is 1. The number of hydrogen-bond donors (Lipinski definition) is 1. The number of carboxylic acids is 1. The van der Waals surface area contributed by atoms with Crippen LogP contribution in [0, 0.1) is 5.92 Å². The van der Waals surface area contributed by atoms with E-state index in [4.69, 9.17) is 0 Å². The minimum absolute atomic E-state index is 0.258. The number of carboxylic acid groups (broad SMARTS) is 1. The summed E-state index contributed by atoms with van der Waals surface area (Å²) in [4.78, 5) is 16.2. The van der Waals surface area contributed by atoms with E-state index in [9.17, 15) is 9.90 Å². The summed E-state index contributed by atoms with van der Waals surface area (Å²) in [5, 5.41) is 11.6. The lowest BCUT2D eigenvalue weighted by Gasteiger charge is -2.03. The summed E-state index contributed by atoms with van der Waals surface area (Å²) < 4.78 is 1.99. The molecule has 1 atom stereocenters. The van der Waals surface area contributed by atoms with E-state index in [0.29, 0.717) is 11.6 Å². The van der Waals surface area contributed by atoms with Gasteiger partial charge in [-0.05, 0) is 42.2 Å². The average molecular weight is 292 g/mol. The Morgan fingerprint density at radius 1 is 1.27 bits per heavy atom. The van der Waals surface area contributed by atoms with E-state index in [1.807, 2.05) is 28.7 Å². The SMILES string of the molecule is CC1CC=c2cc(C(=O)O)c3nc4ccccc4n3c2=CC1. The quantitative estimate of drug-likeness (QED) is 0.748. The fourth-order valence-electron chi connectivity index (χ4n) is 3.14. The van der Waals surface area contributed by atoms with Crippen molar-refractivity contribution >= 4 is 34.8 Å². The van der Waals surface area contributed by atoms with Crippen molar-refractivity contribution in [1.82, 2.24) is 9.38 Å². The predicted molar refractivity (Wildman–Crippen MR) is 86.2 cm³/mol. The molecule has 4 nitrogen and oxygen atoms in total. The van der Waals surface area contributed by atoms with E-state index in [1.165, 1.54) is 0 Å². The highest BCUT2D eigenvalue weighted by Crippen LogP contribution is 2.17. The highest BCUT2D eigenvalue weighted by Gasteiger charge is 2.16. The van der Waals surface area contributed by atoms with Crippen LogP contribution in [0.15, 0.2) is 30.3 Å². The predicted octanol–water partition coefficient (Wildman–Crippen LogP) is 2.18. The summed E-state index contributed by atoms with van der Waals surface area (Å²) >= 11 is 0. The summed E-state index contributed by atoms with van der Waals surface area (Å²) in [5.41, 5.74) is 2.56. The monoisotopic (exact) mass is 292 g/mol. The van der Waals surface area contributed by atoms with Gasteiger partial charge in [-0.1, -0.05) is 31.2 Å². The van der Waals surface area contributed by atoms with E-state index < -0.39 is 5.97 Å². The van der Waals surface area contributed by atoms with Gasteiger partial charge in [-0.2, -0.15) is 0 Å². The Balaban J connectivity index is 2.29. The number of aromatic carboxylic acids is 1. The van der Waals surface area contributed by atoms with Gasteiger partial charge in [0.25, 0.3) is 0 Å². The third-order valence-corrected chi connectivity index (χ3v) is 4.32. The number of para-hydroxylation sites is 2. The molecule has 2 aromatic heterocycles. The summed E-state index contributed by atoms with van der Waals surface area (Å²) in [6, 6.07) is 9.55. The number of hydrogen-bond acceptors (Lipinski definition) is 2. The van der Waals surface area contributed by atoms with Crippen LogP contribution < -0.4 is 10.6 Å². The fraction of sp³-hybridized carbons (Fsp3) is 0.222. The molecule has 1 unspecified atom stereocenters. The molecule has 0 spiro atoms. The van der Waals surface area contributed by atoms with Gasteiger partial charge in [-0.3, -0.25) is 4.40 Å². The molecule has 1 aliphatic rings. The van der Waals surface area contributed by atoms with Crippen molar-refractivity contribution in [3.05, 3.63) is 46.5 Å². The van der Waals surface area contributed by atoms with Crippen LogP contribution in [0.3, 0.4) is 0 Å². The van der Waals surface area contributed by atoms with Gasteiger partial charge in [0.05, 0.1) is 16.4 Å². The number of benzene rings is 1. The van der Waals surface area contributed by atoms with E-state index in [2.05, 4.69) is 24.1 Å². The molecule has 1 aromatic carbocycles. The Hall–Kier alpha value is -2.62. The van der Waals surface area contributed by atoms with Gasteiger partial charge in [0.15, 0.2) is 5.65 Å². The first-order chi connectivity index (χ1) is 10.6. The van der Waals surface area contributed by atoms with Crippen molar-refractivity contribution in [2.24, 2.45) is 5.92 Å². The van der Waals surface area contributed by atoms with Crippen molar-refractivity contribution in [2.45, 2.75) is 19.8 Å². The number of nitrogens with zero attached hydrogens (tertiary/aromatic N) is 2. The van der Waals surface area contributed by atoms with Crippen LogP contribution in [0.25, 0.3) is 28.8 Å². The highest BCUT2D eigenvalue weighted by molar-refractivity contribution is 5.97. The Labute approximate surface area is 127 Å². The van der Waals surface area contributed by atoms with Crippen molar-refractivity contribution < 1.29 is 9.90 Å². The van der Waals surface area contributed by atoms with E-state index >= 15 is 0 Å². The zero-order valence-corrected chi connectivity index (χ0v) is 12.3. The molecule has 2 heterocycles. The molecule has 1 N–H and O–H groups in total. The van der Waals surface area contributed by atoms with Gasteiger partial charge < -0.3 is 5.11 Å². The molecule has 22 heavy (non-hydrogen) atoms. The molecular weight excluding hydrogens is 276 g/mol. The molecule has 0 saturated carbocycles. The van der Waals surface area contributed by atoms with Crippen LogP contribution in [0.4, 0.5) is 0 Å². The zero-order valence-electron chi connectivity index (χ0n) is 12.3. The van der Waals surface area contributed by atoms with Crippen molar-refractivity contribution in [1.29, 1.82) is 0 Å². The minimum Gasteiger partial charge on any atom is -0.478 e. The lowest BCUT2D eigenvalue weighted by Crippen LogP contribution is -2.32. The van der Waals surface area contributed by atoms with Gasteiger partial charge in [0.1, 0.15) is 5.56 Å². The first-order valence-electron chi connectivity index (χ1n) is 7.49. The molecule has 0 saturated heterocycles. The lowest BCUT2D eigenvalue weighted by molar-refractivity contribution is 0.0698. The van der Waals surface area contributed by atoms with Crippen molar-refractivity contribution in [2.75, 3.05) is 0 Å². The molecular formula is C18H16N2O2. The van der Waals surface area contributed by atoms with Gasteiger partial charge >= 0.3 is 5.97 Å². The van der Waals surface area contributed by atoms with E-state index in [1.54, 1.807) is 6.07 Å². The Morgan fingerprint density at radius 3 is 2.86 bits per heavy atom. The van der Waals surface area contributed by atoms with Crippen molar-refractivity contribution in [3.63, 3.8) is 0 Å². The highest BCUT2D eigenvalue weighted by atomic mass is 16.4. The Morgan fingerprint density at radius 2 is 2.05 bits per heavy atom. The summed E-state index contributed by atoms with van der Waals surface area (Å²) in [6.07, 6.45) is 6.29. The standard InChI is InChI=1S/C18H16N2O2/c1-11-6-8-12-10-13(18(21)22)17-19-14-4-2-3-5-16(14)20(17)15(12)9-7-11/h2-5,8-11H,6-7H2,1H3,(H,21,22). The molecule has 4 rings (SSSR count). The number of carbonyl (C=O) groups is 1. The first-order valence-corrected chi connectivity index (χ1v) is 7.49. The van der Waals surface area contributed by atoms with Crippen LogP contribution in [-0.2, 0) is 0 Å². The van der Waals surface area contributed by atoms with Gasteiger partial charge in [0, 0.05) is 0 Å². The third kappa shape index (κ3) is 1.84. The second kappa shape index (κ2) is 4.70. The third-order valence-electron chi connectivity index (χ3n) is 4.32. The molecule has 0 amide bonds. The molecule has 4 heteroatoms. The van der Waals surface area contributed by atoms with Gasteiger partial charge in [0.2, 0.25) is 0 Å². The maximum Gasteiger partial charge on any atom is 0.339 e. The topological polar surface area (TPSA) is 54.6 Å². The summed E-state index contributed by atoms with van der Waals surface area (Å²) in [7, 11) is 0. The first kappa shape index (κ1) is 13.1. The van der Waals surface area contributed by atoms with Crippen LogP contribution >= 0.6 is 0 Å². The van der Waals surface area contributed by atoms with Crippen LogP contribution in [-0.4, -0.2) is 20.5 Å². The molecule has 0 fully saturated rings. The molecule has 0 radical (unpaired) electrons. The largest absolute Gasteiger partial charge is 0.478 e. The maximum absolute atomic E-state index is 11.7. The number of fused-ring (bicyclic) bond motifs is 5. The minimum atomic E-state index is -0.936. The smallest absolute Gasteiger partial charge is 0.339 e. The van der Waals surface area contributed by atoms with E-state index in [-0.39, 0.29) is 5.56 Å². The second-order valence-electron chi connectivity index (χ2n) is 5.95. The molecule has 0 bridgehead atoms. The number of imidazole rings is 1. The Kier molecular flexibility index (Phi) is 2.79. The number of aromatic nitrogens is 2. The lowest BCUT2D eigenvalue weighted by atomic mass is 10.1. The Bertz CT molecular complexity index is 1030. The van der Waals surface area contributed by atoms with Gasteiger partial charge in [-0.25, -0.2) is 9.78 Å². The zero-order chi connectivity index (χ0) is 15.3. The van der Waals surface area contributed by atoms with Gasteiger partial charge in [-0.15, -0.1) is 0 Å². The van der Waals surface area contributed by atoms with Crippen LogP contribution in [0.2, 0.25) is 0 Å². The normalized spacial score (nSPS) is 17.6. The molecule has 110 valence electrons. The van der Waals surface area contributed by atoms with E-state index in [0.717, 1.165) is 34.4 Å². The second-order valence-corrected chi connectivity index (χ2v) is 5.95. The summed E-state index contributed by atoms with van der Waals surface area (Å²) in [5.74, 6) is -0.376. The summed E-state index contributed by atoms with van der Waals surface area (Å²) in [6.45, 7) is 2.21. The fourth-order valence-corrected chi connectivity index (χ4v) is 3.14. The maximum atomic E-state index is 11.7. The van der Waals surface area contributed by atoms with Crippen LogP contribution in [0.1, 0.15) is 30.1 Å².